The van der Waals surface area contributed by atoms with Crippen molar-refractivity contribution in [3.8, 4) is 11.5 Å². The standard InChI is InChI=1S/C56H62ClF3N8O4S2/c1-55(2)21-17-40(48(34-55)37-5-7-41(57)8-6-37)36-66-27-29-68(30-28-66)44-13-15-47(50(32-44)72-45-31-39-18-23-62-52(39)63-35-45)53(69)64-74-46-14-16-49(51(33-46)73-56(58,59)60)61-22-4-24-65(3)42-9-11-43(12-10-42)67-25-19-38(20-26-67)54(70)71/h5-16,18,23,31-33,35,38,61H,4,17,19-22,24-30,34,36H2,1-3H3,(H,62,63)(H,64,69)(H,70,71). The van der Waals surface area contributed by atoms with Crippen molar-refractivity contribution in [3.05, 3.63) is 131 Å². The Morgan fingerprint density at radius 3 is 2.38 bits per heavy atom. The van der Waals surface area contributed by atoms with Crippen LogP contribution in [0, 0.1) is 11.3 Å². The van der Waals surface area contributed by atoms with Crippen LogP contribution in [0.1, 0.15) is 68.3 Å². The normalized spacial score (nSPS) is 16.6. The van der Waals surface area contributed by atoms with Gasteiger partial charge >= 0.3 is 11.5 Å². The summed E-state index contributed by atoms with van der Waals surface area (Å²) in [5, 5.41) is 14.1. The summed E-state index contributed by atoms with van der Waals surface area (Å²) in [6.45, 7) is 11.4. The van der Waals surface area contributed by atoms with Gasteiger partial charge in [0.1, 0.15) is 17.1 Å². The first-order valence-corrected chi connectivity index (χ1v) is 27.1. The number of nitrogens with one attached hydrogen (secondary N) is 3. The molecule has 9 rings (SSSR count). The van der Waals surface area contributed by atoms with Crippen molar-refractivity contribution in [2.24, 2.45) is 11.3 Å². The van der Waals surface area contributed by atoms with E-state index in [9.17, 15) is 27.9 Å². The van der Waals surface area contributed by atoms with Crippen molar-refractivity contribution in [1.29, 1.82) is 0 Å². The zero-order valence-electron chi connectivity index (χ0n) is 41.8. The number of halogens is 4. The van der Waals surface area contributed by atoms with E-state index in [1.54, 1.807) is 30.6 Å². The zero-order chi connectivity index (χ0) is 52.0. The summed E-state index contributed by atoms with van der Waals surface area (Å²) in [5.74, 6) is -0.719. The number of ether oxygens (including phenoxy) is 1. The second-order valence-corrected chi connectivity index (χ2v) is 22.5. The fourth-order valence-corrected chi connectivity index (χ4v) is 11.6. The van der Waals surface area contributed by atoms with Gasteiger partial charge in [0.2, 0.25) is 0 Å². The number of carboxylic acid groups (broad SMARTS) is 1. The summed E-state index contributed by atoms with van der Waals surface area (Å²) in [7, 11) is 1.97. The van der Waals surface area contributed by atoms with Gasteiger partial charge in [0.25, 0.3) is 5.91 Å². The maximum atomic E-state index is 14.1. The van der Waals surface area contributed by atoms with E-state index in [0.717, 1.165) is 91.4 Å². The van der Waals surface area contributed by atoms with Crippen LogP contribution in [0.25, 0.3) is 16.6 Å². The number of aliphatic carboxylic acids is 1. The number of aromatic amines is 1. The molecule has 2 fully saturated rings. The summed E-state index contributed by atoms with van der Waals surface area (Å²) in [5.41, 5.74) is 4.13. The Morgan fingerprint density at radius 1 is 0.919 bits per heavy atom. The topological polar surface area (TPSA) is 129 Å². The molecule has 0 saturated carbocycles. The molecule has 1 amide bonds. The van der Waals surface area contributed by atoms with Gasteiger partial charge in [-0.1, -0.05) is 43.2 Å². The number of anilines is 4. The van der Waals surface area contributed by atoms with Crippen molar-refractivity contribution in [2.75, 3.05) is 86.0 Å². The predicted molar refractivity (Wildman–Crippen MR) is 294 cm³/mol. The van der Waals surface area contributed by atoms with E-state index in [4.69, 9.17) is 16.3 Å². The Hall–Kier alpha value is -6.01. The van der Waals surface area contributed by atoms with Crippen LogP contribution < -0.4 is 29.5 Å². The number of benzene rings is 4. The van der Waals surface area contributed by atoms with E-state index in [0.29, 0.717) is 73.2 Å². The lowest BCUT2D eigenvalue weighted by Gasteiger charge is -2.39. The van der Waals surface area contributed by atoms with Gasteiger partial charge in [-0.05, 0) is 158 Å². The van der Waals surface area contributed by atoms with Crippen LogP contribution in [0.15, 0.2) is 125 Å². The molecule has 2 aromatic heterocycles. The van der Waals surface area contributed by atoms with Crippen LogP contribution in [0.5, 0.6) is 11.5 Å². The maximum absolute atomic E-state index is 14.1. The first-order chi connectivity index (χ1) is 35.5. The smallest absolute Gasteiger partial charge is 0.446 e. The maximum Gasteiger partial charge on any atom is 0.446 e. The van der Waals surface area contributed by atoms with E-state index >= 15 is 0 Å². The number of piperidine rings is 1. The molecule has 12 nitrogen and oxygen atoms in total. The minimum atomic E-state index is -4.54. The molecule has 1 aliphatic carbocycles. The average Bonchev–Trinajstić information content (AvgIpc) is 3.86. The Morgan fingerprint density at radius 2 is 1.65 bits per heavy atom. The largest absolute Gasteiger partial charge is 0.481 e. The molecule has 0 radical (unpaired) electrons. The number of allylic oxidation sites excluding steroid dienone is 1. The lowest BCUT2D eigenvalue weighted by molar-refractivity contribution is -0.142. The number of rotatable bonds is 18. The number of H-pyrrole nitrogens is 1. The number of nitrogens with zero attached hydrogens (tertiary/aromatic N) is 5. The summed E-state index contributed by atoms with van der Waals surface area (Å²) in [4.78, 5) is 42.5. The third-order valence-electron chi connectivity index (χ3n) is 14.3. The van der Waals surface area contributed by atoms with Gasteiger partial charge in [0.05, 0.1) is 17.7 Å². The zero-order valence-corrected chi connectivity index (χ0v) is 44.2. The third-order valence-corrected chi connectivity index (χ3v) is 16.1. The molecular formula is C56H62ClF3N8O4S2. The Bertz CT molecular complexity index is 2960. The Labute approximate surface area is 444 Å². The van der Waals surface area contributed by atoms with Crippen LogP contribution >= 0.6 is 35.3 Å². The van der Waals surface area contributed by atoms with E-state index in [-0.39, 0.29) is 33.6 Å². The highest BCUT2D eigenvalue weighted by atomic mass is 35.5. The predicted octanol–water partition coefficient (Wildman–Crippen LogP) is 13.1. The molecule has 74 heavy (non-hydrogen) atoms. The highest BCUT2D eigenvalue weighted by Gasteiger charge is 2.32. The summed E-state index contributed by atoms with van der Waals surface area (Å²) >= 11 is 7.01. The van der Waals surface area contributed by atoms with Crippen LogP contribution in [-0.2, 0) is 4.79 Å². The summed E-state index contributed by atoms with van der Waals surface area (Å²) in [6, 6.07) is 30.4. The molecule has 6 aromatic rings. The number of aromatic nitrogens is 2. The fraction of sp³-hybridized carbons (Fsp3) is 0.375. The summed E-state index contributed by atoms with van der Waals surface area (Å²) in [6.07, 6.45) is 8.53. The van der Waals surface area contributed by atoms with Crippen molar-refractivity contribution >= 4 is 86.5 Å². The van der Waals surface area contributed by atoms with Crippen molar-refractivity contribution in [3.63, 3.8) is 0 Å². The second kappa shape index (κ2) is 23.3. The van der Waals surface area contributed by atoms with Gasteiger partial charge in [0, 0.05) is 121 Å². The average molecular weight is 1070 g/mol. The minimum absolute atomic E-state index is 0.00406. The van der Waals surface area contributed by atoms with E-state index < -0.39 is 17.4 Å². The fourth-order valence-electron chi connectivity index (χ4n) is 10.0. The van der Waals surface area contributed by atoms with Gasteiger partial charge in [0.15, 0.2) is 0 Å². The lowest BCUT2D eigenvalue weighted by Crippen LogP contribution is -2.47. The van der Waals surface area contributed by atoms with Crippen molar-refractivity contribution in [1.82, 2.24) is 19.6 Å². The molecule has 3 aliphatic rings. The SMILES string of the molecule is CN(CCCNc1ccc(SNC(=O)c2ccc(N3CCN(CC4=C(c5ccc(Cl)cc5)CC(C)(C)CC4)CC3)cc2Oc2cnc3[nH]ccc3c2)cc1SC(F)(F)F)c1ccc(N2CCC(C(=O)O)CC2)cc1. The number of carboxylic acids is 1. The van der Waals surface area contributed by atoms with Crippen LogP contribution in [0.2, 0.25) is 5.02 Å². The molecule has 0 spiro atoms. The van der Waals surface area contributed by atoms with Crippen LogP contribution in [0.4, 0.5) is 35.9 Å². The van der Waals surface area contributed by atoms with Gasteiger partial charge in [-0.3, -0.25) is 19.2 Å². The highest BCUT2D eigenvalue weighted by Crippen LogP contribution is 2.44. The number of amides is 1. The van der Waals surface area contributed by atoms with Crippen LogP contribution in [0.3, 0.4) is 0 Å². The number of pyridine rings is 1. The Kier molecular flexibility index (Phi) is 16.6. The number of thioether (sulfide) groups is 1. The second-order valence-electron chi connectivity index (χ2n) is 20.1. The first-order valence-electron chi connectivity index (χ1n) is 25.1. The van der Waals surface area contributed by atoms with Gasteiger partial charge in [-0.25, -0.2) is 4.98 Å². The van der Waals surface area contributed by atoms with Gasteiger partial charge in [-0.2, -0.15) is 13.2 Å². The number of hydrogen-bond acceptors (Lipinski definition) is 11. The molecule has 4 heterocycles. The molecule has 0 atom stereocenters. The van der Waals surface area contributed by atoms with Gasteiger partial charge < -0.3 is 34.8 Å². The number of hydrogen-bond donors (Lipinski definition) is 4. The number of carbonyl (C=O) groups is 2. The van der Waals surface area contributed by atoms with Crippen molar-refractivity contribution < 1.29 is 32.6 Å². The van der Waals surface area contributed by atoms with Gasteiger partial charge in [-0.15, -0.1) is 0 Å². The number of fused-ring (bicyclic) bond motifs is 1. The number of alkyl halides is 3. The quantitative estimate of drug-likeness (QED) is 0.0371. The monoisotopic (exact) mass is 1070 g/mol. The van der Waals surface area contributed by atoms with E-state index in [1.165, 1.54) is 22.8 Å². The molecule has 0 unspecified atom stereocenters. The molecule has 18 heteroatoms. The molecule has 0 bridgehead atoms. The highest BCUT2D eigenvalue weighted by molar-refractivity contribution is 8.00. The molecule has 4 N–H and O–H groups in total. The van der Waals surface area contributed by atoms with Crippen LogP contribution in [-0.4, -0.2) is 103 Å². The first kappa shape index (κ1) is 52.8. The molecule has 2 aliphatic heterocycles. The number of piperazine rings is 1. The Balaban J connectivity index is 0.833. The molecule has 390 valence electrons. The molecule has 2 saturated heterocycles. The van der Waals surface area contributed by atoms with E-state index in [1.807, 2.05) is 67.7 Å². The third kappa shape index (κ3) is 13.6. The minimum Gasteiger partial charge on any atom is -0.481 e. The summed E-state index contributed by atoms with van der Waals surface area (Å²) < 4.78 is 51.1. The molecule has 4 aromatic carbocycles. The number of carbonyl (C=O) groups excluding carboxylic acids is 1. The van der Waals surface area contributed by atoms with E-state index in [2.05, 4.69) is 65.6 Å². The van der Waals surface area contributed by atoms with Crippen molar-refractivity contribution in [2.45, 2.75) is 67.7 Å². The molecular weight excluding hydrogens is 1010 g/mol. The lowest BCUT2D eigenvalue weighted by atomic mass is 9.72.